The summed E-state index contributed by atoms with van der Waals surface area (Å²) in [6.45, 7) is 6.10. The zero-order valence-electron chi connectivity index (χ0n) is 18.4. The van der Waals surface area contributed by atoms with Gasteiger partial charge in [-0.25, -0.2) is 14.3 Å². The lowest BCUT2D eigenvalue weighted by Crippen LogP contribution is -2.27. The van der Waals surface area contributed by atoms with Gasteiger partial charge in [0.15, 0.2) is 0 Å². The van der Waals surface area contributed by atoms with Gasteiger partial charge < -0.3 is 15.2 Å². The highest BCUT2D eigenvalue weighted by Crippen LogP contribution is 2.37. The van der Waals surface area contributed by atoms with Crippen LogP contribution >= 0.6 is 31.9 Å². The van der Waals surface area contributed by atoms with Crippen molar-refractivity contribution in [3.05, 3.63) is 63.3 Å². The van der Waals surface area contributed by atoms with Crippen molar-refractivity contribution in [2.45, 2.75) is 39.7 Å². The number of aromatic nitrogens is 4. The predicted molar refractivity (Wildman–Crippen MR) is 134 cm³/mol. The average Bonchev–Trinajstić information content (AvgIpc) is 3.22. The zero-order chi connectivity index (χ0) is 23.8. The van der Waals surface area contributed by atoms with E-state index in [1.165, 1.54) is 4.57 Å². The molecule has 0 aliphatic rings. The fourth-order valence-electron chi connectivity index (χ4n) is 3.36. The van der Waals surface area contributed by atoms with Crippen LogP contribution in [0, 0.1) is 0 Å². The number of hydrogen-bond donors (Lipinski definition) is 1. The fourth-order valence-corrected chi connectivity index (χ4v) is 4.80. The van der Waals surface area contributed by atoms with E-state index in [4.69, 9.17) is 15.2 Å². The maximum Gasteiger partial charge on any atom is 0.420 e. The van der Waals surface area contributed by atoms with Crippen molar-refractivity contribution >= 4 is 54.9 Å². The van der Waals surface area contributed by atoms with Crippen molar-refractivity contribution in [1.82, 2.24) is 19.1 Å². The molecule has 0 spiro atoms. The summed E-state index contributed by atoms with van der Waals surface area (Å²) in [6.07, 6.45) is 1.12. The Morgan fingerprint density at radius 2 is 1.88 bits per heavy atom. The molecule has 1 aromatic carbocycles. The summed E-state index contributed by atoms with van der Waals surface area (Å²) in [5, 5.41) is 0. The number of imidazole rings is 1. The second-order valence-corrected chi connectivity index (χ2v) is 10.0. The molecular weight excluding hydrogens is 554 g/mol. The normalized spacial score (nSPS) is 11.8. The van der Waals surface area contributed by atoms with Gasteiger partial charge in [0, 0.05) is 10.7 Å². The van der Waals surface area contributed by atoms with Gasteiger partial charge in [0.2, 0.25) is 5.95 Å². The lowest BCUT2D eigenvalue weighted by molar-refractivity contribution is 0.0536. The van der Waals surface area contributed by atoms with E-state index >= 15 is 0 Å². The number of nitrogen functional groups attached to an aromatic ring is 1. The van der Waals surface area contributed by atoms with Crippen molar-refractivity contribution in [3.63, 3.8) is 0 Å². The van der Waals surface area contributed by atoms with Gasteiger partial charge in [-0.05, 0) is 70.3 Å². The summed E-state index contributed by atoms with van der Waals surface area (Å²) in [5.74, 6) is 0.290. The maximum atomic E-state index is 13.0. The largest absolute Gasteiger partial charge is 0.443 e. The quantitative estimate of drug-likeness (QED) is 0.314. The molecule has 0 amide bonds. The summed E-state index contributed by atoms with van der Waals surface area (Å²) in [5.41, 5.74) is 8.92. The Morgan fingerprint density at radius 1 is 1.15 bits per heavy atom. The minimum atomic E-state index is -0.661. The molecule has 33 heavy (non-hydrogen) atoms. The molecule has 10 heteroatoms. The molecule has 0 saturated heterocycles. The Balaban J connectivity index is 1.72. The molecule has 0 aliphatic carbocycles. The third-order valence-electron chi connectivity index (χ3n) is 4.74. The van der Waals surface area contributed by atoms with Gasteiger partial charge in [0.1, 0.15) is 23.5 Å². The fraction of sp³-hybridized carbons (Fsp3) is 0.261. The van der Waals surface area contributed by atoms with Crippen molar-refractivity contribution < 1.29 is 14.3 Å². The van der Waals surface area contributed by atoms with E-state index in [1.54, 1.807) is 16.8 Å². The molecule has 0 bridgehead atoms. The van der Waals surface area contributed by atoms with E-state index < -0.39 is 11.7 Å². The van der Waals surface area contributed by atoms with E-state index in [1.807, 2.05) is 57.2 Å². The van der Waals surface area contributed by atoms with Gasteiger partial charge in [0.25, 0.3) is 0 Å². The van der Waals surface area contributed by atoms with Crippen LogP contribution in [0.5, 0.6) is 0 Å². The average molecular weight is 577 g/mol. The van der Waals surface area contributed by atoms with E-state index in [0.29, 0.717) is 32.6 Å². The van der Waals surface area contributed by atoms with Crippen LogP contribution < -0.4 is 5.73 Å². The topological polar surface area (TPSA) is 97.2 Å². The molecule has 8 nitrogen and oxygen atoms in total. The van der Waals surface area contributed by atoms with Crippen LogP contribution in [0.2, 0.25) is 0 Å². The van der Waals surface area contributed by atoms with Crippen LogP contribution in [-0.2, 0) is 22.8 Å². The van der Waals surface area contributed by atoms with Gasteiger partial charge in [-0.3, -0.25) is 9.55 Å². The zero-order valence-corrected chi connectivity index (χ0v) is 21.6. The van der Waals surface area contributed by atoms with Gasteiger partial charge in [0.05, 0.1) is 22.4 Å². The summed E-state index contributed by atoms with van der Waals surface area (Å²) in [7, 11) is 0. The molecule has 3 heterocycles. The number of ether oxygens (including phenoxy) is 2. The molecule has 0 aliphatic heterocycles. The summed E-state index contributed by atoms with van der Waals surface area (Å²) in [6, 6.07) is 13.5. The van der Waals surface area contributed by atoms with E-state index in [2.05, 4.69) is 41.8 Å². The minimum Gasteiger partial charge on any atom is -0.443 e. The third kappa shape index (κ3) is 4.97. The number of anilines is 1. The molecule has 2 N–H and O–H groups in total. The van der Waals surface area contributed by atoms with Gasteiger partial charge in [-0.15, -0.1) is 0 Å². The number of carbonyl (C=O) groups excluding carboxylic acids is 1. The van der Waals surface area contributed by atoms with Crippen LogP contribution in [0.25, 0.3) is 22.4 Å². The summed E-state index contributed by atoms with van der Waals surface area (Å²) >= 11 is 6.99. The second-order valence-electron chi connectivity index (χ2n) is 8.37. The Morgan fingerprint density at radius 3 is 2.58 bits per heavy atom. The van der Waals surface area contributed by atoms with Crippen LogP contribution in [0.3, 0.4) is 0 Å². The van der Waals surface area contributed by atoms with E-state index in [-0.39, 0.29) is 12.7 Å². The van der Waals surface area contributed by atoms with Crippen molar-refractivity contribution in [1.29, 1.82) is 0 Å². The highest BCUT2D eigenvalue weighted by Gasteiger charge is 2.27. The monoisotopic (exact) mass is 575 g/mol. The van der Waals surface area contributed by atoms with Crippen LogP contribution in [0.4, 0.5) is 10.7 Å². The number of halogens is 2. The maximum absolute atomic E-state index is 13.0. The molecular formula is C23H23Br2N5O3. The molecule has 4 aromatic rings. The SMILES string of the molecule is CC(C)(C)OC(=O)n1c(Br)cc(Br)c1-c1nccc2c1nc(N)n2COCc1ccccc1. The number of fused-ring (bicyclic) bond motifs is 1. The lowest BCUT2D eigenvalue weighted by atomic mass is 10.2. The van der Waals surface area contributed by atoms with Crippen molar-refractivity contribution in [3.8, 4) is 11.4 Å². The molecule has 3 aromatic heterocycles. The van der Waals surface area contributed by atoms with Crippen molar-refractivity contribution in [2.24, 2.45) is 0 Å². The first-order valence-corrected chi connectivity index (χ1v) is 11.8. The van der Waals surface area contributed by atoms with Crippen LogP contribution in [-0.4, -0.2) is 30.8 Å². The lowest BCUT2D eigenvalue weighted by Gasteiger charge is -2.21. The number of carbonyl (C=O) groups is 1. The highest BCUT2D eigenvalue weighted by molar-refractivity contribution is 9.11. The second kappa shape index (κ2) is 9.28. The Kier molecular flexibility index (Phi) is 6.60. The Bertz CT molecular complexity index is 1310. The molecule has 0 atom stereocenters. The van der Waals surface area contributed by atoms with Crippen LogP contribution in [0.15, 0.2) is 57.7 Å². The first kappa shape index (κ1) is 23.5. The Hall–Kier alpha value is -2.69. The van der Waals surface area contributed by atoms with E-state index in [9.17, 15) is 4.79 Å². The molecule has 0 saturated carbocycles. The molecule has 172 valence electrons. The molecule has 0 unspecified atom stereocenters. The number of nitrogens with zero attached hydrogens (tertiary/aromatic N) is 4. The van der Waals surface area contributed by atoms with Crippen LogP contribution in [0.1, 0.15) is 26.3 Å². The Labute approximate surface area is 208 Å². The third-order valence-corrected chi connectivity index (χ3v) is 5.93. The molecule has 4 rings (SSSR count). The molecule has 0 radical (unpaired) electrons. The van der Waals surface area contributed by atoms with Gasteiger partial charge in [-0.2, -0.15) is 0 Å². The predicted octanol–water partition coefficient (Wildman–Crippen LogP) is 5.96. The molecule has 0 fully saturated rings. The number of rotatable bonds is 5. The number of hydrogen-bond acceptors (Lipinski definition) is 6. The number of pyridine rings is 1. The highest BCUT2D eigenvalue weighted by atomic mass is 79.9. The van der Waals surface area contributed by atoms with E-state index in [0.717, 1.165) is 11.1 Å². The smallest absolute Gasteiger partial charge is 0.420 e. The standard InChI is InChI=1S/C23H23Br2N5O3/c1-23(2,3)33-22(31)30-17(25)11-15(24)20(30)19-18-16(9-10-27-19)29(21(26)28-18)13-32-12-14-7-5-4-6-8-14/h4-11H,12-13H2,1-3H3,(H2,26,28). The first-order valence-electron chi connectivity index (χ1n) is 10.2. The minimum absolute atomic E-state index is 0.221. The van der Waals surface area contributed by atoms with Gasteiger partial charge in [-0.1, -0.05) is 30.3 Å². The summed E-state index contributed by atoms with van der Waals surface area (Å²) < 4.78 is 15.8. The first-order chi connectivity index (χ1) is 15.7. The number of benzene rings is 1. The summed E-state index contributed by atoms with van der Waals surface area (Å²) in [4.78, 5) is 22.0. The van der Waals surface area contributed by atoms with Crippen molar-refractivity contribution in [2.75, 3.05) is 5.73 Å². The number of nitrogens with two attached hydrogens (primary N) is 1. The van der Waals surface area contributed by atoms with Gasteiger partial charge >= 0.3 is 6.09 Å².